The Morgan fingerprint density at radius 2 is 1.57 bits per heavy atom. The van der Waals surface area contributed by atoms with E-state index < -0.39 is 21.8 Å². The molecule has 5 nitrogen and oxygen atoms in total. The molecule has 0 bridgehead atoms. The summed E-state index contributed by atoms with van der Waals surface area (Å²) in [5.41, 5.74) is -0.0787. The number of amides is 1. The van der Waals surface area contributed by atoms with E-state index in [2.05, 4.69) is 10.0 Å². The molecule has 152 valence electrons. The highest BCUT2D eigenvalue weighted by molar-refractivity contribution is 7.89. The maximum absolute atomic E-state index is 12.5. The van der Waals surface area contributed by atoms with Crippen LogP contribution in [0.5, 0.6) is 0 Å². The van der Waals surface area contributed by atoms with Crippen molar-refractivity contribution in [3.63, 3.8) is 0 Å². The number of nitrogens with one attached hydrogen (secondary N) is 2. The molecule has 0 aliphatic rings. The van der Waals surface area contributed by atoms with Crippen molar-refractivity contribution in [1.82, 2.24) is 10.0 Å². The smallest absolute Gasteiger partial charge is 0.356 e. The fraction of sp³-hybridized carbons (Fsp3) is 0.278. The van der Waals surface area contributed by atoms with Gasteiger partial charge in [-0.05, 0) is 48.4 Å². The van der Waals surface area contributed by atoms with Crippen molar-refractivity contribution in [2.75, 3.05) is 13.1 Å². The molecule has 0 heterocycles. The Kier molecular flexibility index (Phi) is 7.45. The summed E-state index contributed by atoms with van der Waals surface area (Å²) >= 11 is 5.71. The molecule has 2 N–H and O–H groups in total. The lowest BCUT2D eigenvalue weighted by atomic mass is 10.1. The molecule has 2 rings (SSSR count). The van der Waals surface area contributed by atoms with E-state index in [0.29, 0.717) is 17.0 Å². The van der Waals surface area contributed by atoms with Crippen LogP contribution in [0.1, 0.15) is 17.5 Å². The zero-order valence-corrected chi connectivity index (χ0v) is 16.2. The molecule has 28 heavy (non-hydrogen) atoms. The predicted octanol–water partition coefficient (Wildman–Crippen LogP) is 3.39. The Balaban J connectivity index is 1.72. The molecule has 0 aliphatic heterocycles. The summed E-state index contributed by atoms with van der Waals surface area (Å²) in [4.78, 5) is 11.8. The molecule has 0 saturated carbocycles. The van der Waals surface area contributed by atoms with Crippen molar-refractivity contribution in [3.8, 4) is 0 Å². The maximum Gasteiger partial charge on any atom is 0.416 e. The van der Waals surface area contributed by atoms with Gasteiger partial charge in [-0.2, -0.15) is 13.2 Å². The lowest BCUT2D eigenvalue weighted by Crippen LogP contribution is -2.31. The number of benzene rings is 2. The van der Waals surface area contributed by atoms with Crippen LogP contribution in [0.2, 0.25) is 5.02 Å². The average Bonchev–Trinajstić information content (AvgIpc) is 2.61. The van der Waals surface area contributed by atoms with E-state index in [-0.39, 0.29) is 30.3 Å². The largest absolute Gasteiger partial charge is 0.416 e. The second-order valence-electron chi connectivity index (χ2n) is 5.90. The topological polar surface area (TPSA) is 75.3 Å². The molecule has 10 heteroatoms. The average molecular weight is 435 g/mol. The lowest BCUT2D eigenvalue weighted by Gasteiger charge is -2.09. The Morgan fingerprint density at radius 3 is 2.14 bits per heavy atom. The van der Waals surface area contributed by atoms with Gasteiger partial charge in [-0.15, -0.1) is 0 Å². The van der Waals surface area contributed by atoms with Gasteiger partial charge in [0.15, 0.2) is 0 Å². The highest BCUT2D eigenvalue weighted by atomic mass is 35.5. The molecule has 0 fully saturated rings. The lowest BCUT2D eigenvalue weighted by molar-refractivity contribution is -0.137. The number of halogens is 4. The highest BCUT2D eigenvalue weighted by Crippen LogP contribution is 2.29. The number of rotatable bonds is 8. The van der Waals surface area contributed by atoms with Crippen LogP contribution in [0.4, 0.5) is 13.2 Å². The van der Waals surface area contributed by atoms with Gasteiger partial charge < -0.3 is 5.32 Å². The SMILES string of the molecule is O=C(CCNS(=O)(=O)c1ccc(Cl)cc1)NCCc1ccc(C(F)(F)F)cc1. The minimum absolute atomic E-state index is 0.0413. The Hall–Kier alpha value is -2.10. The number of carbonyl (C=O) groups excluding carboxylic acids is 1. The summed E-state index contributed by atoms with van der Waals surface area (Å²) in [5.74, 6) is -0.370. The Morgan fingerprint density at radius 1 is 0.964 bits per heavy atom. The van der Waals surface area contributed by atoms with Crippen molar-refractivity contribution >= 4 is 27.5 Å². The summed E-state index contributed by atoms with van der Waals surface area (Å²) in [7, 11) is -3.73. The van der Waals surface area contributed by atoms with E-state index in [4.69, 9.17) is 11.6 Å². The summed E-state index contributed by atoms with van der Waals surface area (Å²) < 4.78 is 63.9. The molecular formula is C18H18ClF3N2O3S. The van der Waals surface area contributed by atoms with Gasteiger partial charge in [0.2, 0.25) is 15.9 Å². The van der Waals surface area contributed by atoms with Gasteiger partial charge in [0.1, 0.15) is 0 Å². The first-order chi connectivity index (χ1) is 13.1. The van der Waals surface area contributed by atoms with Crippen LogP contribution in [0.25, 0.3) is 0 Å². The number of hydrogen-bond donors (Lipinski definition) is 2. The van der Waals surface area contributed by atoms with Gasteiger partial charge >= 0.3 is 6.18 Å². The molecule has 0 unspecified atom stereocenters. The fourth-order valence-corrected chi connectivity index (χ4v) is 3.45. The number of sulfonamides is 1. The van der Waals surface area contributed by atoms with Crippen LogP contribution in [0.3, 0.4) is 0 Å². The zero-order valence-electron chi connectivity index (χ0n) is 14.6. The number of hydrogen-bond acceptors (Lipinski definition) is 3. The van der Waals surface area contributed by atoms with Crippen LogP contribution >= 0.6 is 11.6 Å². The molecular weight excluding hydrogens is 417 g/mol. The third-order valence-electron chi connectivity index (χ3n) is 3.79. The first kappa shape index (κ1) is 22.2. The molecule has 0 aromatic heterocycles. The quantitative estimate of drug-likeness (QED) is 0.668. The third-order valence-corrected chi connectivity index (χ3v) is 5.51. The minimum atomic E-state index is -4.38. The second kappa shape index (κ2) is 9.40. The second-order valence-corrected chi connectivity index (χ2v) is 8.10. The van der Waals surface area contributed by atoms with Gasteiger partial charge in [-0.25, -0.2) is 13.1 Å². The van der Waals surface area contributed by atoms with E-state index in [1.165, 1.54) is 36.4 Å². The summed E-state index contributed by atoms with van der Waals surface area (Å²) in [6, 6.07) is 10.3. The van der Waals surface area contributed by atoms with Gasteiger partial charge in [0.05, 0.1) is 10.5 Å². The van der Waals surface area contributed by atoms with Gasteiger partial charge in [0.25, 0.3) is 0 Å². The van der Waals surface area contributed by atoms with E-state index >= 15 is 0 Å². The molecule has 0 radical (unpaired) electrons. The van der Waals surface area contributed by atoms with Crippen molar-refractivity contribution in [1.29, 1.82) is 0 Å². The monoisotopic (exact) mass is 434 g/mol. The van der Waals surface area contributed by atoms with E-state index in [9.17, 15) is 26.4 Å². The normalized spacial score (nSPS) is 12.0. The van der Waals surface area contributed by atoms with Crippen molar-refractivity contribution in [2.45, 2.75) is 23.9 Å². The molecule has 0 aliphatic carbocycles. The van der Waals surface area contributed by atoms with Crippen molar-refractivity contribution in [3.05, 3.63) is 64.7 Å². The minimum Gasteiger partial charge on any atom is -0.356 e. The van der Waals surface area contributed by atoms with E-state index in [1.54, 1.807) is 0 Å². The van der Waals surface area contributed by atoms with E-state index in [1.807, 2.05) is 0 Å². The van der Waals surface area contributed by atoms with Crippen LogP contribution < -0.4 is 10.0 Å². The molecule has 2 aromatic rings. The van der Waals surface area contributed by atoms with Crippen LogP contribution in [-0.2, 0) is 27.4 Å². The standard InChI is InChI=1S/C18H18ClF3N2O3S/c19-15-5-7-16(8-6-15)28(26,27)24-12-10-17(25)23-11-9-13-1-3-14(4-2-13)18(20,21)22/h1-8,24H,9-12H2,(H,23,25). The molecule has 2 aromatic carbocycles. The summed E-state index contributed by atoms with van der Waals surface area (Å²) in [6.07, 6.45) is -4.09. The van der Waals surface area contributed by atoms with E-state index in [0.717, 1.165) is 12.1 Å². The summed E-state index contributed by atoms with van der Waals surface area (Å²) in [5, 5.41) is 3.00. The fourth-order valence-electron chi connectivity index (χ4n) is 2.29. The van der Waals surface area contributed by atoms with Gasteiger partial charge in [0, 0.05) is 24.5 Å². The van der Waals surface area contributed by atoms with Crippen molar-refractivity contribution in [2.24, 2.45) is 0 Å². The zero-order chi connectivity index (χ0) is 20.8. The third kappa shape index (κ3) is 6.81. The Labute approximate surface area is 166 Å². The number of carbonyl (C=O) groups is 1. The van der Waals surface area contributed by atoms with Crippen LogP contribution in [0.15, 0.2) is 53.4 Å². The predicted molar refractivity (Wildman–Crippen MR) is 99.4 cm³/mol. The first-order valence-corrected chi connectivity index (χ1v) is 10.1. The first-order valence-electron chi connectivity index (χ1n) is 8.26. The van der Waals surface area contributed by atoms with Gasteiger partial charge in [-0.1, -0.05) is 23.7 Å². The summed E-state index contributed by atoms with van der Waals surface area (Å²) in [6.45, 7) is 0.144. The Bertz CT molecular complexity index is 899. The highest BCUT2D eigenvalue weighted by Gasteiger charge is 2.29. The molecule has 1 amide bonds. The van der Waals surface area contributed by atoms with Crippen molar-refractivity contribution < 1.29 is 26.4 Å². The maximum atomic E-state index is 12.5. The molecule has 0 saturated heterocycles. The number of alkyl halides is 3. The van der Waals surface area contributed by atoms with Crippen LogP contribution in [0, 0.1) is 0 Å². The van der Waals surface area contributed by atoms with Gasteiger partial charge in [-0.3, -0.25) is 4.79 Å². The van der Waals surface area contributed by atoms with Crippen LogP contribution in [-0.4, -0.2) is 27.4 Å². The molecule has 0 spiro atoms. The molecule has 0 atom stereocenters.